The molecular formula is C23H17ClN2O2. The molecule has 0 saturated heterocycles. The zero-order valence-electron chi connectivity index (χ0n) is 15.1. The van der Waals surface area contributed by atoms with Gasteiger partial charge in [0.25, 0.3) is 5.91 Å². The van der Waals surface area contributed by atoms with Gasteiger partial charge in [-0.3, -0.25) is 4.79 Å². The molecule has 4 rings (SSSR count). The van der Waals surface area contributed by atoms with E-state index < -0.39 is 0 Å². The Morgan fingerprint density at radius 2 is 1.68 bits per heavy atom. The van der Waals surface area contributed by atoms with E-state index in [0.29, 0.717) is 16.3 Å². The predicted octanol–water partition coefficient (Wildman–Crippen LogP) is 5.82. The average molecular weight is 389 g/mol. The number of anilines is 1. The molecule has 0 radical (unpaired) electrons. The number of hydrogen-bond donors (Lipinski definition) is 1. The number of pyridine rings is 1. The molecule has 1 N–H and O–H groups in total. The third-order valence-electron chi connectivity index (χ3n) is 4.45. The lowest BCUT2D eigenvalue weighted by Gasteiger charge is -2.11. The third-order valence-corrected chi connectivity index (χ3v) is 4.70. The van der Waals surface area contributed by atoms with Crippen molar-refractivity contribution in [2.45, 2.75) is 0 Å². The van der Waals surface area contributed by atoms with Crippen LogP contribution in [0.2, 0.25) is 5.02 Å². The number of nitrogens with one attached hydrogen (secondary N) is 1. The summed E-state index contributed by atoms with van der Waals surface area (Å²) in [5, 5.41) is 4.40. The molecule has 0 fully saturated rings. The zero-order chi connectivity index (χ0) is 19.5. The Bertz CT molecular complexity index is 1140. The van der Waals surface area contributed by atoms with Crippen molar-refractivity contribution in [2.75, 3.05) is 12.4 Å². The van der Waals surface area contributed by atoms with E-state index in [1.807, 2.05) is 54.6 Å². The standard InChI is InChI=1S/C23H17ClN2O2/c1-28-18-12-10-17(11-13-18)25-23(27)20-14-22(15-6-8-16(24)9-7-15)26-21-5-3-2-4-19(20)21/h2-14H,1H3,(H,25,27). The van der Waals surface area contributed by atoms with Crippen LogP contribution in [0.3, 0.4) is 0 Å². The van der Waals surface area contributed by atoms with E-state index in [-0.39, 0.29) is 5.91 Å². The number of aromatic nitrogens is 1. The lowest BCUT2D eigenvalue weighted by molar-refractivity contribution is 0.102. The highest BCUT2D eigenvalue weighted by Gasteiger charge is 2.14. The number of amides is 1. The van der Waals surface area contributed by atoms with Gasteiger partial charge in [0.05, 0.1) is 23.9 Å². The van der Waals surface area contributed by atoms with Gasteiger partial charge in [0.1, 0.15) is 5.75 Å². The van der Waals surface area contributed by atoms with Gasteiger partial charge in [0, 0.05) is 21.7 Å². The fourth-order valence-corrected chi connectivity index (χ4v) is 3.13. The summed E-state index contributed by atoms with van der Waals surface area (Å²) in [6.07, 6.45) is 0. The maximum absolute atomic E-state index is 13.0. The highest BCUT2D eigenvalue weighted by atomic mass is 35.5. The first-order valence-corrected chi connectivity index (χ1v) is 9.13. The molecule has 0 unspecified atom stereocenters. The normalized spacial score (nSPS) is 10.6. The lowest BCUT2D eigenvalue weighted by atomic mass is 10.0. The zero-order valence-corrected chi connectivity index (χ0v) is 15.9. The van der Waals surface area contributed by atoms with E-state index in [4.69, 9.17) is 21.3 Å². The van der Waals surface area contributed by atoms with Crippen molar-refractivity contribution >= 4 is 34.1 Å². The van der Waals surface area contributed by atoms with Gasteiger partial charge < -0.3 is 10.1 Å². The number of halogens is 1. The summed E-state index contributed by atoms with van der Waals surface area (Å²) in [6.45, 7) is 0. The summed E-state index contributed by atoms with van der Waals surface area (Å²) in [5.74, 6) is 0.538. The number of carbonyl (C=O) groups is 1. The number of carbonyl (C=O) groups excluding carboxylic acids is 1. The van der Waals surface area contributed by atoms with Gasteiger partial charge in [-0.25, -0.2) is 4.98 Å². The van der Waals surface area contributed by atoms with Crippen LogP contribution < -0.4 is 10.1 Å². The molecule has 4 aromatic rings. The number of ether oxygens (including phenoxy) is 1. The molecule has 28 heavy (non-hydrogen) atoms. The Morgan fingerprint density at radius 1 is 0.964 bits per heavy atom. The van der Waals surface area contributed by atoms with Crippen LogP contribution in [0.1, 0.15) is 10.4 Å². The number of nitrogens with zero attached hydrogens (tertiary/aromatic N) is 1. The monoisotopic (exact) mass is 388 g/mol. The summed E-state index contributed by atoms with van der Waals surface area (Å²) in [4.78, 5) is 17.7. The molecule has 0 aliphatic heterocycles. The van der Waals surface area contributed by atoms with Crippen molar-refractivity contribution in [1.82, 2.24) is 4.98 Å². The first-order valence-electron chi connectivity index (χ1n) is 8.75. The summed E-state index contributed by atoms with van der Waals surface area (Å²) in [5.41, 5.74) is 3.63. The molecule has 138 valence electrons. The van der Waals surface area contributed by atoms with Crippen LogP contribution in [0.4, 0.5) is 5.69 Å². The Morgan fingerprint density at radius 3 is 2.39 bits per heavy atom. The Kier molecular flexibility index (Phi) is 4.96. The van der Waals surface area contributed by atoms with Crippen LogP contribution in [-0.2, 0) is 0 Å². The average Bonchev–Trinajstić information content (AvgIpc) is 2.74. The van der Waals surface area contributed by atoms with E-state index in [0.717, 1.165) is 27.9 Å². The molecule has 1 aromatic heterocycles. The quantitative estimate of drug-likeness (QED) is 0.479. The van der Waals surface area contributed by atoms with E-state index in [1.165, 1.54) is 0 Å². The first-order chi connectivity index (χ1) is 13.6. The fraction of sp³-hybridized carbons (Fsp3) is 0.0435. The van der Waals surface area contributed by atoms with E-state index >= 15 is 0 Å². The Balaban J connectivity index is 1.75. The van der Waals surface area contributed by atoms with Gasteiger partial charge >= 0.3 is 0 Å². The highest BCUT2D eigenvalue weighted by molar-refractivity contribution is 6.30. The number of methoxy groups -OCH3 is 1. The van der Waals surface area contributed by atoms with Crippen molar-refractivity contribution in [3.8, 4) is 17.0 Å². The summed E-state index contributed by atoms with van der Waals surface area (Å²) < 4.78 is 5.16. The second-order valence-electron chi connectivity index (χ2n) is 6.26. The van der Waals surface area contributed by atoms with E-state index in [9.17, 15) is 4.79 Å². The van der Waals surface area contributed by atoms with Crippen molar-refractivity contribution in [2.24, 2.45) is 0 Å². The molecule has 1 heterocycles. The summed E-state index contributed by atoms with van der Waals surface area (Å²) >= 11 is 5.99. The van der Waals surface area contributed by atoms with Gasteiger partial charge in [-0.15, -0.1) is 0 Å². The maximum Gasteiger partial charge on any atom is 0.256 e. The van der Waals surface area contributed by atoms with Crippen molar-refractivity contribution in [3.63, 3.8) is 0 Å². The van der Waals surface area contributed by atoms with Crippen LogP contribution in [0.25, 0.3) is 22.2 Å². The van der Waals surface area contributed by atoms with Gasteiger partial charge in [-0.1, -0.05) is 41.9 Å². The van der Waals surface area contributed by atoms with E-state index in [2.05, 4.69) is 5.32 Å². The molecule has 1 amide bonds. The largest absolute Gasteiger partial charge is 0.497 e. The number of rotatable bonds is 4. The number of para-hydroxylation sites is 1. The van der Waals surface area contributed by atoms with Crippen LogP contribution in [-0.4, -0.2) is 18.0 Å². The second kappa shape index (κ2) is 7.71. The van der Waals surface area contributed by atoms with E-state index in [1.54, 1.807) is 31.4 Å². The molecule has 0 aliphatic rings. The molecule has 0 bridgehead atoms. The van der Waals surface area contributed by atoms with Crippen LogP contribution in [0.15, 0.2) is 78.9 Å². The molecule has 0 atom stereocenters. The SMILES string of the molecule is COc1ccc(NC(=O)c2cc(-c3ccc(Cl)cc3)nc3ccccc23)cc1. The lowest BCUT2D eigenvalue weighted by Crippen LogP contribution is -2.13. The Hall–Kier alpha value is -3.37. The van der Waals surface area contributed by atoms with Crippen LogP contribution >= 0.6 is 11.6 Å². The number of fused-ring (bicyclic) bond motifs is 1. The summed E-state index contributed by atoms with van der Waals surface area (Å²) in [6, 6.07) is 24.0. The molecule has 0 saturated carbocycles. The topological polar surface area (TPSA) is 51.2 Å². The number of hydrogen-bond acceptors (Lipinski definition) is 3. The molecule has 3 aromatic carbocycles. The van der Waals surface area contributed by atoms with Gasteiger partial charge in [-0.2, -0.15) is 0 Å². The van der Waals surface area contributed by atoms with Crippen LogP contribution in [0, 0.1) is 0 Å². The predicted molar refractivity (Wildman–Crippen MR) is 113 cm³/mol. The Labute approximate surface area is 167 Å². The minimum absolute atomic E-state index is 0.195. The highest BCUT2D eigenvalue weighted by Crippen LogP contribution is 2.27. The van der Waals surface area contributed by atoms with Gasteiger partial charge in [-0.05, 0) is 48.5 Å². The minimum Gasteiger partial charge on any atom is -0.497 e. The fourth-order valence-electron chi connectivity index (χ4n) is 3.00. The third kappa shape index (κ3) is 3.68. The second-order valence-corrected chi connectivity index (χ2v) is 6.70. The number of benzene rings is 3. The summed E-state index contributed by atoms with van der Waals surface area (Å²) in [7, 11) is 1.61. The van der Waals surface area contributed by atoms with Crippen molar-refractivity contribution in [3.05, 3.63) is 89.4 Å². The molecule has 4 nitrogen and oxygen atoms in total. The molecule has 0 spiro atoms. The first kappa shape index (κ1) is 18.0. The molecule has 0 aliphatic carbocycles. The molecular weight excluding hydrogens is 372 g/mol. The molecule has 5 heteroatoms. The van der Waals surface area contributed by atoms with Crippen LogP contribution in [0.5, 0.6) is 5.75 Å². The van der Waals surface area contributed by atoms with Gasteiger partial charge in [0.2, 0.25) is 0 Å². The van der Waals surface area contributed by atoms with Crippen molar-refractivity contribution in [1.29, 1.82) is 0 Å². The smallest absolute Gasteiger partial charge is 0.256 e. The van der Waals surface area contributed by atoms with Crippen molar-refractivity contribution < 1.29 is 9.53 Å². The minimum atomic E-state index is -0.195. The maximum atomic E-state index is 13.0. The van der Waals surface area contributed by atoms with Gasteiger partial charge in [0.15, 0.2) is 0 Å².